The largest absolute Gasteiger partial charge is 0.460 e. The number of hydrogen-bond acceptors (Lipinski definition) is 7. The highest BCUT2D eigenvalue weighted by atomic mass is 32.2. The number of hydrazone groups is 1. The number of furan rings is 1. The maximum atomic E-state index is 12.8. The number of anilines is 2. The summed E-state index contributed by atoms with van der Waals surface area (Å²) in [7, 11) is 0. The van der Waals surface area contributed by atoms with E-state index in [1.54, 1.807) is 6.07 Å². The zero-order chi connectivity index (χ0) is 18.4. The van der Waals surface area contributed by atoms with Crippen LogP contribution in [0.25, 0.3) is 0 Å². The van der Waals surface area contributed by atoms with Crippen molar-refractivity contribution in [2.45, 2.75) is 12.1 Å². The fourth-order valence-corrected chi connectivity index (χ4v) is 2.50. The molecule has 10 heteroatoms. The maximum Gasteiger partial charge on any atom is 0.240 e. The number of aromatic nitrogens is 3. The highest BCUT2D eigenvalue weighted by Crippen LogP contribution is 2.15. The lowest BCUT2D eigenvalue weighted by atomic mass is 10.3. The zero-order valence-corrected chi connectivity index (χ0v) is 14.5. The zero-order valence-electron chi connectivity index (χ0n) is 13.7. The van der Waals surface area contributed by atoms with Crippen LogP contribution in [-0.4, -0.2) is 33.1 Å². The highest BCUT2D eigenvalue weighted by Gasteiger charge is 2.08. The van der Waals surface area contributed by atoms with E-state index in [1.807, 2.05) is 13.0 Å². The van der Waals surface area contributed by atoms with E-state index < -0.39 is 0 Å². The molecular weight excluding hydrogens is 359 g/mol. The van der Waals surface area contributed by atoms with E-state index in [0.717, 1.165) is 17.5 Å². The Hall–Kier alpha value is -3.14. The Balaban J connectivity index is 1.45. The number of H-pyrrole nitrogens is 1. The van der Waals surface area contributed by atoms with Crippen LogP contribution in [0.1, 0.15) is 11.5 Å². The molecule has 2 aromatic heterocycles. The van der Waals surface area contributed by atoms with Crippen molar-refractivity contribution in [3.8, 4) is 0 Å². The quantitative estimate of drug-likeness (QED) is 0.333. The van der Waals surface area contributed by atoms with Gasteiger partial charge in [0.1, 0.15) is 17.3 Å². The van der Waals surface area contributed by atoms with Crippen LogP contribution in [0.5, 0.6) is 0 Å². The summed E-state index contributed by atoms with van der Waals surface area (Å²) < 4.78 is 18.2. The molecule has 1 amide bonds. The smallest absolute Gasteiger partial charge is 0.240 e. The van der Waals surface area contributed by atoms with Crippen LogP contribution in [-0.2, 0) is 4.79 Å². The van der Waals surface area contributed by atoms with E-state index in [1.165, 1.54) is 30.5 Å². The molecular formula is C16H15FN6O2S. The molecule has 3 aromatic rings. The van der Waals surface area contributed by atoms with Crippen LogP contribution in [0, 0.1) is 12.7 Å². The molecule has 0 saturated carbocycles. The van der Waals surface area contributed by atoms with Crippen molar-refractivity contribution in [3.63, 3.8) is 0 Å². The Labute approximate surface area is 152 Å². The second-order valence-electron chi connectivity index (χ2n) is 5.13. The number of aryl methyl sites for hydroxylation is 1. The topological polar surface area (TPSA) is 108 Å². The minimum Gasteiger partial charge on any atom is -0.460 e. The van der Waals surface area contributed by atoms with Gasteiger partial charge in [0.25, 0.3) is 0 Å². The van der Waals surface area contributed by atoms with Crippen molar-refractivity contribution in [3.05, 3.63) is 53.7 Å². The predicted octanol–water partition coefficient (Wildman–Crippen LogP) is 3.02. The second-order valence-corrected chi connectivity index (χ2v) is 6.07. The number of carbonyl (C=O) groups is 1. The van der Waals surface area contributed by atoms with E-state index in [0.29, 0.717) is 22.6 Å². The van der Waals surface area contributed by atoms with Gasteiger partial charge in [0.2, 0.25) is 17.0 Å². The Morgan fingerprint density at radius 2 is 2.15 bits per heavy atom. The molecule has 8 nitrogen and oxygen atoms in total. The number of aromatic amines is 1. The van der Waals surface area contributed by atoms with Crippen molar-refractivity contribution in [1.82, 2.24) is 15.2 Å². The minimum atomic E-state index is -0.358. The van der Waals surface area contributed by atoms with Crippen molar-refractivity contribution in [1.29, 1.82) is 0 Å². The van der Waals surface area contributed by atoms with Crippen LogP contribution < -0.4 is 10.7 Å². The molecule has 134 valence electrons. The Kier molecular flexibility index (Phi) is 5.64. The molecule has 0 fully saturated rings. The average Bonchev–Trinajstić information content (AvgIpc) is 3.24. The lowest BCUT2D eigenvalue weighted by Crippen LogP contribution is -2.14. The van der Waals surface area contributed by atoms with E-state index in [2.05, 4.69) is 31.0 Å². The fraction of sp³-hybridized carbons (Fsp3) is 0.125. The summed E-state index contributed by atoms with van der Waals surface area (Å²) in [6.07, 6.45) is 1.51. The number of halogens is 1. The second kappa shape index (κ2) is 8.30. The molecule has 3 N–H and O–H groups in total. The summed E-state index contributed by atoms with van der Waals surface area (Å²) in [6.45, 7) is 1.84. The third-order valence-electron chi connectivity index (χ3n) is 3.05. The molecule has 0 spiro atoms. The Morgan fingerprint density at radius 3 is 2.88 bits per heavy atom. The van der Waals surface area contributed by atoms with Crippen LogP contribution in [0.2, 0.25) is 0 Å². The summed E-state index contributed by atoms with van der Waals surface area (Å²) in [6, 6.07) is 9.17. The molecule has 1 aromatic carbocycles. The van der Waals surface area contributed by atoms with Gasteiger partial charge >= 0.3 is 0 Å². The van der Waals surface area contributed by atoms with E-state index in [4.69, 9.17) is 4.42 Å². The summed E-state index contributed by atoms with van der Waals surface area (Å²) >= 11 is 1.15. The summed E-state index contributed by atoms with van der Waals surface area (Å²) in [5.74, 6) is 1.26. The molecule has 26 heavy (non-hydrogen) atoms. The molecule has 0 saturated heterocycles. The predicted molar refractivity (Wildman–Crippen MR) is 96.8 cm³/mol. The first kappa shape index (κ1) is 17.7. The van der Waals surface area contributed by atoms with E-state index in [-0.39, 0.29) is 17.5 Å². The summed E-state index contributed by atoms with van der Waals surface area (Å²) in [5, 5.41) is 13.7. The first-order chi connectivity index (χ1) is 12.6. The number of carbonyl (C=O) groups excluding carboxylic acids is 1. The molecule has 0 unspecified atom stereocenters. The minimum absolute atomic E-state index is 0.115. The van der Waals surface area contributed by atoms with Gasteiger partial charge in [-0.3, -0.25) is 4.79 Å². The molecule has 0 bridgehead atoms. The van der Waals surface area contributed by atoms with E-state index in [9.17, 15) is 9.18 Å². The number of amides is 1. The van der Waals surface area contributed by atoms with Crippen molar-refractivity contribution in [2.75, 3.05) is 16.5 Å². The first-order valence-electron chi connectivity index (χ1n) is 7.54. The van der Waals surface area contributed by atoms with Crippen molar-refractivity contribution in [2.24, 2.45) is 5.10 Å². The number of benzene rings is 1. The normalized spacial score (nSPS) is 11.0. The molecule has 0 aliphatic heterocycles. The third kappa shape index (κ3) is 5.18. The van der Waals surface area contributed by atoms with Crippen LogP contribution in [0.4, 0.5) is 16.0 Å². The molecule has 3 rings (SSSR count). The Morgan fingerprint density at radius 1 is 1.35 bits per heavy atom. The van der Waals surface area contributed by atoms with Crippen LogP contribution in [0.15, 0.2) is 51.1 Å². The number of nitrogens with one attached hydrogen (secondary N) is 3. The third-order valence-corrected chi connectivity index (χ3v) is 3.90. The molecule has 0 radical (unpaired) electrons. The lowest BCUT2D eigenvalue weighted by molar-refractivity contribution is -0.113. The molecule has 0 atom stereocenters. The fourth-order valence-electron chi connectivity index (χ4n) is 1.90. The van der Waals surface area contributed by atoms with Gasteiger partial charge in [-0.1, -0.05) is 11.8 Å². The first-order valence-corrected chi connectivity index (χ1v) is 8.53. The standard InChI is InChI=1S/C16H15FN6O2S/c1-10-2-7-13(25-10)8-18-21-15-20-16(23-22-15)26-9-14(24)19-12-5-3-11(17)4-6-12/h2-8H,9H2,1H3,(H,19,24)(H2,20,21,22,23)/b18-8-. The van der Waals surface area contributed by atoms with Gasteiger partial charge in [-0.2, -0.15) is 10.1 Å². The SMILES string of the molecule is Cc1ccc(/C=N\Nc2nc(SCC(=O)Nc3ccc(F)cc3)n[nH]2)o1. The summed E-state index contributed by atoms with van der Waals surface area (Å²) in [4.78, 5) is 16.0. The van der Waals surface area contributed by atoms with Gasteiger partial charge in [-0.25, -0.2) is 14.9 Å². The number of nitrogens with zero attached hydrogens (tertiary/aromatic N) is 3. The van der Waals surface area contributed by atoms with Gasteiger partial charge in [0.05, 0.1) is 12.0 Å². The number of thioether (sulfide) groups is 1. The average molecular weight is 374 g/mol. The molecule has 0 aliphatic rings. The summed E-state index contributed by atoms with van der Waals surface area (Å²) in [5.41, 5.74) is 3.21. The van der Waals surface area contributed by atoms with Crippen LogP contribution >= 0.6 is 11.8 Å². The molecule has 0 aliphatic carbocycles. The maximum absolute atomic E-state index is 12.8. The molecule has 2 heterocycles. The lowest BCUT2D eigenvalue weighted by Gasteiger charge is -2.03. The van der Waals surface area contributed by atoms with Crippen molar-refractivity contribution < 1.29 is 13.6 Å². The number of rotatable bonds is 7. The number of hydrogen-bond donors (Lipinski definition) is 3. The monoisotopic (exact) mass is 374 g/mol. The van der Waals surface area contributed by atoms with Gasteiger partial charge < -0.3 is 9.73 Å². The van der Waals surface area contributed by atoms with Crippen LogP contribution in [0.3, 0.4) is 0 Å². The van der Waals surface area contributed by atoms with Gasteiger partial charge in [-0.05, 0) is 43.3 Å². The van der Waals surface area contributed by atoms with Gasteiger partial charge in [-0.15, -0.1) is 5.10 Å². The Bertz CT molecular complexity index is 906. The highest BCUT2D eigenvalue weighted by molar-refractivity contribution is 7.99. The van der Waals surface area contributed by atoms with Crippen molar-refractivity contribution >= 4 is 35.5 Å². The van der Waals surface area contributed by atoms with Gasteiger partial charge in [0, 0.05) is 5.69 Å². The van der Waals surface area contributed by atoms with E-state index >= 15 is 0 Å². The van der Waals surface area contributed by atoms with Gasteiger partial charge in [0.15, 0.2) is 0 Å².